The molecule has 3 aliphatic carbocycles. The summed E-state index contributed by atoms with van der Waals surface area (Å²) in [6.07, 6.45) is 8.51. The smallest absolute Gasteiger partial charge is 0.133 e. The molecular weight excluding hydrogens is 160 g/mol. The Labute approximate surface area is 79.2 Å². The molecule has 3 rings (SSSR count). The van der Waals surface area contributed by atoms with Crippen molar-refractivity contribution in [1.29, 1.82) is 0 Å². The number of rotatable bonds is 1. The Bertz CT molecular complexity index is 279. The summed E-state index contributed by atoms with van der Waals surface area (Å²) >= 11 is 0. The van der Waals surface area contributed by atoms with Crippen LogP contribution in [0, 0.1) is 29.6 Å². The van der Waals surface area contributed by atoms with Gasteiger partial charge in [-0.15, -0.1) is 0 Å². The van der Waals surface area contributed by atoms with Crippen LogP contribution in [0.4, 0.5) is 0 Å². The van der Waals surface area contributed by atoms with Crippen LogP contribution in [0.15, 0.2) is 12.2 Å². The Hall–Kier alpha value is -0.590. The first-order valence-electron chi connectivity index (χ1n) is 5.44. The maximum absolute atomic E-state index is 11.4. The van der Waals surface area contributed by atoms with E-state index < -0.39 is 0 Å². The van der Waals surface area contributed by atoms with E-state index >= 15 is 0 Å². The van der Waals surface area contributed by atoms with E-state index in [0.717, 1.165) is 23.7 Å². The zero-order valence-electron chi connectivity index (χ0n) is 8.07. The van der Waals surface area contributed by atoms with Crippen molar-refractivity contribution in [2.24, 2.45) is 29.6 Å². The van der Waals surface area contributed by atoms with Crippen LogP contribution in [0.5, 0.6) is 0 Å². The van der Waals surface area contributed by atoms with Crippen molar-refractivity contribution < 1.29 is 4.79 Å². The van der Waals surface area contributed by atoms with Crippen molar-refractivity contribution in [2.45, 2.75) is 26.2 Å². The molecule has 0 radical (unpaired) electrons. The van der Waals surface area contributed by atoms with Gasteiger partial charge in [0.1, 0.15) is 5.78 Å². The molecule has 2 bridgehead atoms. The summed E-state index contributed by atoms with van der Waals surface area (Å²) in [5.74, 6) is 4.14. The second-order valence-corrected chi connectivity index (χ2v) is 5.02. The number of fused-ring (bicyclic) bond motifs is 5. The lowest BCUT2D eigenvalue weighted by Crippen LogP contribution is -2.28. The van der Waals surface area contributed by atoms with Crippen LogP contribution in [0.2, 0.25) is 0 Å². The van der Waals surface area contributed by atoms with E-state index in [1.54, 1.807) is 6.92 Å². The molecule has 3 aliphatic rings. The van der Waals surface area contributed by atoms with Gasteiger partial charge in [0.2, 0.25) is 0 Å². The predicted molar refractivity (Wildman–Crippen MR) is 51.1 cm³/mol. The van der Waals surface area contributed by atoms with E-state index in [2.05, 4.69) is 12.2 Å². The second-order valence-electron chi connectivity index (χ2n) is 5.02. The van der Waals surface area contributed by atoms with E-state index in [9.17, 15) is 4.79 Å². The molecule has 0 saturated heterocycles. The first kappa shape index (κ1) is 7.78. The zero-order chi connectivity index (χ0) is 9.00. The molecule has 0 spiro atoms. The lowest BCUT2D eigenvalue weighted by atomic mass is 9.74. The standard InChI is InChI=1S/C12H16O/c1-7(13)11-5-8-6-12(11)10-4-2-3-9(8)10/h2-3,8-12H,4-6H2,1H3. The Morgan fingerprint density at radius 1 is 1.31 bits per heavy atom. The molecule has 1 heteroatoms. The number of carbonyl (C=O) groups excluding carboxylic acids is 1. The van der Waals surface area contributed by atoms with Crippen LogP contribution in [0.25, 0.3) is 0 Å². The zero-order valence-corrected chi connectivity index (χ0v) is 8.07. The molecule has 13 heavy (non-hydrogen) atoms. The van der Waals surface area contributed by atoms with Gasteiger partial charge in [0.25, 0.3) is 0 Å². The Morgan fingerprint density at radius 2 is 2.15 bits per heavy atom. The van der Waals surface area contributed by atoms with Crippen LogP contribution in [0.1, 0.15) is 26.2 Å². The number of hydrogen-bond donors (Lipinski definition) is 0. The first-order chi connectivity index (χ1) is 6.27. The largest absolute Gasteiger partial charge is 0.300 e. The number of ketones is 1. The van der Waals surface area contributed by atoms with E-state index in [4.69, 9.17) is 0 Å². The van der Waals surface area contributed by atoms with Crippen molar-refractivity contribution >= 4 is 5.78 Å². The minimum absolute atomic E-state index is 0.422. The summed E-state index contributed by atoms with van der Waals surface area (Å²) in [6, 6.07) is 0. The molecule has 0 aromatic heterocycles. The summed E-state index contributed by atoms with van der Waals surface area (Å²) in [5.41, 5.74) is 0. The van der Waals surface area contributed by atoms with Crippen LogP contribution >= 0.6 is 0 Å². The van der Waals surface area contributed by atoms with Crippen LogP contribution in [-0.4, -0.2) is 5.78 Å². The van der Waals surface area contributed by atoms with Crippen LogP contribution < -0.4 is 0 Å². The van der Waals surface area contributed by atoms with Crippen molar-refractivity contribution in [2.75, 3.05) is 0 Å². The van der Waals surface area contributed by atoms with Gasteiger partial charge in [-0.3, -0.25) is 4.79 Å². The molecule has 2 saturated carbocycles. The molecule has 5 unspecified atom stereocenters. The Kier molecular flexibility index (Phi) is 1.47. The SMILES string of the molecule is CC(=O)C1CC2CC1C1CC=CC21. The molecule has 2 fully saturated rings. The number of Topliss-reactive ketones (excluding diaryl/α,β-unsaturated/α-hetero) is 1. The van der Waals surface area contributed by atoms with Gasteiger partial charge >= 0.3 is 0 Å². The Morgan fingerprint density at radius 3 is 2.92 bits per heavy atom. The number of allylic oxidation sites excluding steroid dienone is 2. The molecule has 0 amide bonds. The minimum Gasteiger partial charge on any atom is -0.300 e. The Balaban J connectivity index is 1.87. The van der Waals surface area contributed by atoms with Crippen LogP contribution in [-0.2, 0) is 4.79 Å². The third-order valence-corrected chi connectivity index (χ3v) is 4.53. The van der Waals surface area contributed by atoms with Gasteiger partial charge in [0, 0.05) is 5.92 Å². The average molecular weight is 176 g/mol. The van der Waals surface area contributed by atoms with E-state index in [1.165, 1.54) is 19.3 Å². The van der Waals surface area contributed by atoms with Crippen molar-refractivity contribution in [1.82, 2.24) is 0 Å². The molecule has 0 N–H and O–H groups in total. The number of carbonyl (C=O) groups is 1. The van der Waals surface area contributed by atoms with Gasteiger partial charge in [0.05, 0.1) is 0 Å². The van der Waals surface area contributed by atoms with Gasteiger partial charge < -0.3 is 0 Å². The van der Waals surface area contributed by atoms with E-state index in [0.29, 0.717) is 11.7 Å². The first-order valence-corrected chi connectivity index (χ1v) is 5.44. The van der Waals surface area contributed by atoms with E-state index in [1.807, 2.05) is 0 Å². The van der Waals surface area contributed by atoms with Gasteiger partial charge in [0.15, 0.2) is 0 Å². The summed E-state index contributed by atoms with van der Waals surface area (Å²) < 4.78 is 0. The highest BCUT2D eigenvalue weighted by Crippen LogP contribution is 2.58. The fraction of sp³-hybridized carbons (Fsp3) is 0.750. The summed E-state index contributed by atoms with van der Waals surface area (Å²) in [5, 5.41) is 0. The van der Waals surface area contributed by atoms with Crippen molar-refractivity contribution in [3.63, 3.8) is 0 Å². The molecule has 0 aliphatic heterocycles. The molecule has 1 nitrogen and oxygen atoms in total. The quantitative estimate of drug-likeness (QED) is 0.561. The topological polar surface area (TPSA) is 17.1 Å². The fourth-order valence-corrected chi connectivity index (χ4v) is 4.03. The monoisotopic (exact) mass is 176 g/mol. The highest BCUT2D eigenvalue weighted by molar-refractivity contribution is 5.79. The highest BCUT2D eigenvalue weighted by atomic mass is 16.1. The molecule has 0 aromatic carbocycles. The fourth-order valence-electron chi connectivity index (χ4n) is 4.03. The summed E-state index contributed by atoms with van der Waals surface area (Å²) in [6.45, 7) is 1.78. The molecule has 0 heterocycles. The van der Waals surface area contributed by atoms with E-state index in [-0.39, 0.29) is 0 Å². The summed E-state index contributed by atoms with van der Waals surface area (Å²) in [7, 11) is 0. The predicted octanol–water partition coefficient (Wildman–Crippen LogP) is 2.42. The van der Waals surface area contributed by atoms with Gasteiger partial charge in [-0.1, -0.05) is 12.2 Å². The lowest BCUT2D eigenvalue weighted by molar-refractivity contribution is -0.123. The van der Waals surface area contributed by atoms with Crippen molar-refractivity contribution in [3.8, 4) is 0 Å². The second kappa shape index (κ2) is 2.46. The molecular formula is C12H16O. The molecule has 70 valence electrons. The maximum atomic E-state index is 11.4. The maximum Gasteiger partial charge on any atom is 0.133 e. The van der Waals surface area contributed by atoms with Crippen molar-refractivity contribution in [3.05, 3.63) is 12.2 Å². The third-order valence-electron chi connectivity index (χ3n) is 4.53. The molecule has 0 aromatic rings. The van der Waals surface area contributed by atoms with Gasteiger partial charge in [-0.2, -0.15) is 0 Å². The number of hydrogen-bond acceptors (Lipinski definition) is 1. The molecule has 5 atom stereocenters. The minimum atomic E-state index is 0.422. The van der Waals surface area contributed by atoms with Gasteiger partial charge in [-0.25, -0.2) is 0 Å². The lowest BCUT2D eigenvalue weighted by Gasteiger charge is -2.29. The van der Waals surface area contributed by atoms with Crippen LogP contribution in [0.3, 0.4) is 0 Å². The average Bonchev–Trinajstić information content (AvgIpc) is 2.75. The normalized spacial score (nSPS) is 51.3. The van der Waals surface area contributed by atoms with Gasteiger partial charge in [-0.05, 0) is 49.9 Å². The third kappa shape index (κ3) is 0.905. The highest BCUT2D eigenvalue weighted by Gasteiger charge is 2.53. The summed E-state index contributed by atoms with van der Waals surface area (Å²) in [4.78, 5) is 11.4.